The molecule has 2 aromatic rings. The summed E-state index contributed by atoms with van der Waals surface area (Å²) in [5.74, 6) is 0.738. The number of carbonyl (C=O) groups excluding carboxylic acids is 2. The Morgan fingerprint density at radius 3 is 2.70 bits per heavy atom. The number of aryl methyl sites for hydroxylation is 1. The Hall–Kier alpha value is -2.70. The van der Waals surface area contributed by atoms with Crippen LogP contribution in [-0.2, 0) is 0 Å². The van der Waals surface area contributed by atoms with E-state index in [1.807, 2.05) is 0 Å². The number of anilines is 1. The Balaban J connectivity index is 2.01. The fourth-order valence-electron chi connectivity index (χ4n) is 1.88. The maximum absolute atomic E-state index is 12.1. The predicted molar refractivity (Wildman–Crippen MR) is 85.2 cm³/mol. The molecule has 0 aromatic carbocycles. The number of hydrogen-bond donors (Lipinski definition) is 2. The zero-order valence-electron chi connectivity index (χ0n) is 13.4. The lowest BCUT2D eigenvalue weighted by atomic mass is 10.1. The minimum atomic E-state index is -0.449. The fraction of sp³-hybridized carbons (Fsp3) is 0.375. The minimum Gasteiger partial charge on any atom is -0.360 e. The second-order valence-corrected chi connectivity index (χ2v) is 5.65. The van der Waals surface area contributed by atoms with E-state index in [9.17, 15) is 9.59 Å². The largest absolute Gasteiger partial charge is 0.360 e. The zero-order chi connectivity index (χ0) is 16.8. The fourth-order valence-corrected chi connectivity index (χ4v) is 1.88. The van der Waals surface area contributed by atoms with Gasteiger partial charge in [0.1, 0.15) is 11.5 Å². The van der Waals surface area contributed by atoms with E-state index >= 15 is 0 Å². The lowest BCUT2D eigenvalue weighted by Crippen LogP contribution is -2.26. The molecule has 0 aliphatic heterocycles. The third-order valence-electron chi connectivity index (χ3n) is 3.13. The van der Waals surface area contributed by atoms with Crippen molar-refractivity contribution in [1.29, 1.82) is 0 Å². The lowest BCUT2D eigenvalue weighted by Gasteiger charge is -2.08. The molecule has 23 heavy (non-hydrogen) atoms. The van der Waals surface area contributed by atoms with Crippen LogP contribution in [0.1, 0.15) is 46.9 Å². The van der Waals surface area contributed by atoms with Crippen molar-refractivity contribution < 1.29 is 14.1 Å². The van der Waals surface area contributed by atoms with Crippen molar-refractivity contribution in [2.24, 2.45) is 5.92 Å². The summed E-state index contributed by atoms with van der Waals surface area (Å²) < 4.78 is 4.88. The van der Waals surface area contributed by atoms with Gasteiger partial charge in [0.25, 0.3) is 11.8 Å². The van der Waals surface area contributed by atoms with Crippen LogP contribution >= 0.6 is 0 Å². The van der Waals surface area contributed by atoms with Crippen molar-refractivity contribution in [3.8, 4) is 0 Å². The number of nitrogens with zero attached hydrogens (tertiary/aromatic N) is 2. The molecule has 7 nitrogen and oxygen atoms in total. The zero-order valence-corrected chi connectivity index (χ0v) is 13.4. The highest BCUT2D eigenvalue weighted by Crippen LogP contribution is 2.10. The summed E-state index contributed by atoms with van der Waals surface area (Å²) in [6, 6.07) is 4.62. The molecule has 0 spiro atoms. The molecule has 0 fully saturated rings. The molecule has 0 atom stereocenters. The van der Waals surface area contributed by atoms with Crippen LogP contribution in [0.5, 0.6) is 0 Å². The quantitative estimate of drug-likeness (QED) is 0.853. The maximum atomic E-state index is 12.1. The Morgan fingerprint density at radius 1 is 1.26 bits per heavy atom. The Labute approximate surface area is 134 Å². The van der Waals surface area contributed by atoms with Gasteiger partial charge in [-0.15, -0.1) is 0 Å². The molecule has 2 N–H and O–H groups in total. The van der Waals surface area contributed by atoms with Crippen LogP contribution in [0.4, 0.5) is 5.82 Å². The van der Waals surface area contributed by atoms with Crippen LogP contribution in [0.3, 0.4) is 0 Å². The van der Waals surface area contributed by atoms with Crippen molar-refractivity contribution in [2.45, 2.75) is 27.2 Å². The van der Waals surface area contributed by atoms with Crippen LogP contribution in [0, 0.1) is 12.8 Å². The van der Waals surface area contributed by atoms with E-state index in [0.29, 0.717) is 29.6 Å². The van der Waals surface area contributed by atoms with E-state index < -0.39 is 5.91 Å². The van der Waals surface area contributed by atoms with E-state index in [0.717, 1.165) is 6.42 Å². The van der Waals surface area contributed by atoms with Crippen LogP contribution in [0.25, 0.3) is 0 Å². The number of nitrogens with one attached hydrogen (secondary N) is 2. The highest BCUT2D eigenvalue weighted by atomic mass is 16.5. The molecule has 0 saturated heterocycles. The molecule has 7 heteroatoms. The van der Waals surface area contributed by atoms with Gasteiger partial charge in [0.05, 0.1) is 0 Å². The lowest BCUT2D eigenvalue weighted by molar-refractivity contribution is 0.0952. The molecule has 0 radical (unpaired) electrons. The molecule has 0 aliphatic carbocycles. The first-order chi connectivity index (χ1) is 11.0. The van der Waals surface area contributed by atoms with Crippen molar-refractivity contribution >= 4 is 17.6 Å². The highest BCUT2D eigenvalue weighted by Gasteiger charge is 2.13. The van der Waals surface area contributed by atoms with Gasteiger partial charge in [-0.05, 0) is 31.4 Å². The summed E-state index contributed by atoms with van der Waals surface area (Å²) >= 11 is 0. The first-order valence-electron chi connectivity index (χ1n) is 7.44. The van der Waals surface area contributed by atoms with Gasteiger partial charge in [-0.2, -0.15) is 0 Å². The summed E-state index contributed by atoms with van der Waals surface area (Å²) in [5.41, 5.74) is 0.535. The number of carbonyl (C=O) groups is 2. The van der Waals surface area contributed by atoms with Gasteiger partial charge in [0.15, 0.2) is 5.82 Å². The molecular weight excluding hydrogens is 296 g/mol. The molecule has 2 aromatic heterocycles. The molecule has 2 rings (SSSR count). The Kier molecular flexibility index (Phi) is 5.46. The van der Waals surface area contributed by atoms with Crippen molar-refractivity contribution in [3.05, 3.63) is 41.4 Å². The van der Waals surface area contributed by atoms with Gasteiger partial charge >= 0.3 is 0 Å². The molecule has 122 valence electrons. The van der Waals surface area contributed by atoms with Crippen molar-refractivity contribution in [3.63, 3.8) is 0 Å². The van der Waals surface area contributed by atoms with Crippen LogP contribution in [0.2, 0.25) is 0 Å². The van der Waals surface area contributed by atoms with E-state index in [1.165, 1.54) is 12.3 Å². The second-order valence-electron chi connectivity index (χ2n) is 5.65. The third-order valence-corrected chi connectivity index (χ3v) is 3.13. The van der Waals surface area contributed by atoms with Gasteiger partial charge < -0.3 is 15.2 Å². The molecule has 2 heterocycles. The standard InChI is InChI=1S/C16H20N4O3/c1-10(2)4-6-18-15(21)12-5-7-17-13(9-12)16(22)19-14-8-11(3)23-20-14/h5,7-10H,4,6H2,1-3H3,(H,18,21)(H,19,20,22). The minimum absolute atomic E-state index is 0.141. The first kappa shape index (κ1) is 16.7. The Morgan fingerprint density at radius 2 is 2.04 bits per heavy atom. The average Bonchev–Trinajstić information content (AvgIpc) is 2.92. The molecule has 0 aliphatic rings. The maximum Gasteiger partial charge on any atom is 0.275 e. The monoisotopic (exact) mass is 316 g/mol. The van der Waals surface area contributed by atoms with Gasteiger partial charge in [-0.3, -0.25) is 14.6 Å². The van der Waals surface area contributed by atoms with Crippen LogP contribution in [-0.4, -0.2) is 28.5 Å². The average molecular weight is 316 g/mol. The summed E-state index contributed by atoms with van der Waals surface area (Å²) in [6.45, 7) is 6.50. The Bertz CT molecular complexity index is 694. The SMILES string of the molecule is Cc1cc(NC(=O)c2cc(C(=O)NCCC(C)C)ccn2)no1. The van der Waals surface area contributed by atoms with Crippen LogP contribution in [0.15, 0.2) is 28.9 Å². The van der Waals surface area contributed by atoms with Crippen molar-refractivity contribution in [2.75, 3.05) is 11.9 Å². The number of amides is 2. The first-order valence-corrected chi connectivity index (χ1v) is 7.44. The van der Waals surface area contributed by atoms with Gasteiger partial charge in [0.2, 0.25) is 0 Å². The van der Waals surface area contributed by atoms with E-state index in [1.54, 1.807) is 19.1 Å². The van der Waals surface area contributed by atoms with E-state index in [-0.39, 0.29) is 11.6 Å². The van der Waals surface area contributed by atoms with Gasteiger partial charge in [-0.25, -0.2) is 0 Å². The summed E-state index contributed by atoms with van der Waals surface area (Å²) in [6.07, 6.45) is 2.33. The number of hydrogen-bond acceptors (Lipinski definition) is 5. The number of aromatic nitrogens is 2. The second kappa shape index (κ2) is 7.53. The van der Waals surface area contributed by atoms with Gasteiger partial charge in [0, 0.05) is 24.4 Å². The van der Waals surface area contributed by atoms with Crippen LogP contribution < -0.4 is 10.6 Å². The summed E-state index contributed by atoms with van der Waals surface area (Å²) in [5, 5.41) is 9.07. The van der Waals surface area contributed by atoms with Crippen molar-refractivity contribution in [1.82, 2.24) is 15.5 Å². The normalized spacial score (nSPS) is 10.6. The van der Waals surface area contributed by atoms with Gasteiger partial charge in [-0.1, -0.05) is 19.0 Å². The molecule has 0 saturated carbocycles. The third kappa shape index (κ3) is 4.91. The molecule has 2 amide bonds. The molecular formula is C16H20N4O3. The predicted octanol–water partition coefficient (Wildman–Crippen LogP) is 2.41. The highest BCUT2D eigenvalue weighted by molar-refractivity contribution is 6.04. The summed E-state index contributed by atoms with van der Waals surface area (Å²) in [7, 11) is 0. The molecule has 0 unspecified atom stereocenters. The topological polar surface area (TPSA) is 97.1 Å². The van der Waals surface area contributed by atoms with E-state index in [2.05, 4.69) is 34.6 Å². The number of pyridine rings is 1. The molecule has 0 bridgehead atoms. The van der Waals surface area contributed by atoms with E-state index in [4.69, 9.17) is 4.52 Å². The smallest absolute Gasteiger partial charge is 0.275 e. The summed E-state index contributed by atoms with van der Waals surface area (Å²) in [4.78, 5) is 28.2. The number of rotatable bonds is 6.